The Hall–Kier alpha value is -2.55. The first-order chi connectivity index (χ1) is 14.0. The van der Waals surface area contributed by atoms with Gasteiger partial charge in [0.2, 0.25) is 0 Å². The summed E-state index contributed by atoms with van der Waals surface area (Å²) in [4.78, 5) is 25.4. The molecule has 0 saturated carbocycles. The molecule has 1 unspecified atom stereocenters. The van der Waals surface area contributed by atoms with Crippen molar-refractivity contribution in [2.24, 2.45) is 0 Å². The second-order valence-electron chi connectivity index (χ2n) is 6.57. The van der Waals surface area contributed by atoms with Crippen LogP contribution in [0.3, 0.4) is 0 Å². The van der Waals surface area contributed by atoms with Crippen molar-refractivity contribution in [2.75, 3.05) is 13.2 Å². The second kappa shape index (κ2) is 8.06. The molecule has 1 atom stereocenters. The SMILES string of the molecule is O=CC1CN(C(=O)c2cc(-c3ccc(F)c(Br)c3)n(-c3cccc(Cl)c3)n2)CN1. The zero-order valence-electron chi connectivity index (χ0n) is 15.0. The van der Waals surface area contributed by atoms with Gasteiger partial charge < -0.3 is 9.69 Å². The van der Waals surface area contributed by atoms with Crippen molar-refractivity contribution in [3.8, 4) is 16.9 Å². The van der Waals surface area contributed by atoms with Crippen molar-refractivity contribution < 1.29 is 14.0 Å². The van der Waals surface area contributed by atoms with Crippen molar-refractivity contribution in [3.05, 3.63) is 69.5 Å². The van der Waals surface area contributed by atoms with E-state index in [4.69, 9.17) is 11.6 Å². The first kappa shape index (κ1) is 19.8. The van der Waals surface area contributed by atoms with Crippen LogP contribution in [0.1, 0.15) is 10.5 Å². The van der Waals surface area contributed by atoms with Crippen LogP contribution in [0.4, 0.5) is 4.39 Å². The fraction of sp³-hybridized carbons (Fsp3) is 0.150. The maximum absolute atomic E-state index is 13.7. The highest BCUT2D eigenvalue weighted by molar-refractivity contribution is 9.10. The van der Waals surface area contributed by atoms with Crippen molar-refractivity contribution >= 4 is 39.7 Å². The molecule has 1 saturated heterocycles. The maximum Gasteiger partial charge on any atom is 0.275 e. The molecule has 0 radical (unpaired) electrons. The highest BCUT2D eigenvalue weighted by atomic mass is 79.9. The van der Waals surface area contributed by atoms with Crippen LogP contribution < -0.4 is 5.32 Å². The molecule has 2 heterocycles. The van der Waals surface area contributed by atoms with Gasteiger partial charge in [-0.2, -0.15) is 5.10 Å². The maximum atomic E-state index is 13.7. The Morgan fingerprint density at radius 2 is 2.10 bits per heavy atom. The van der Waals surface area contributed by atoms with Crippen molar-refractivity contribution in [1.29, 1.82) is 0 Å². The van der Waals surface area contributed by atoms with Gasteiger partial charge in [0, 0.05) is 17.1 Å². The summed E-state index contributed by atoms with van der Waals surface area (Å²) in [6.45, 7) is 0.549. The Kier molecular flexibility index (Phi) is 5.49. The van der Waals surface area contributed by atoms with Gasteiger partial charge in [-0.15, -0.1) is 0 Å². The van der Waals surface area contributed by atoms with Crippen LogP contribution >= 0.6 is 27.5 Å². The molecule has 1 amide bonds. The fourth-order valence-electron chi connectivity index (χ4n) is 3.15. The van der Waals surface area contributed by atoms with Gasteiger partial charge in [0.25, 0.3) is 5.91 Å². The van der Waals surface area contributed by atoms with E-state index in [0.29, 0.717) is 26.4 Å². The Morgan fingerprint density at radius 1 is 1.28 bits per heavy atom. The van der Waals surface area contributed by atoms with E-state index in [-0.39, 0.29) is 36.7 Å². The average Bonchev–Trinajstić information content (AvgIpc) is 3.37. The molecule has 4 rings (SSSR count). The molecule has 2 aromatic carbocycles. The van der Waals surface area contributed by atoms with Crippen LogP contribution in [-0.2, 0) is 4.79 Å². The van der Waals surface area contributed by atoms with Gasteiger partial charge in [-0.3, -0.25) is 10.1 Å². The third-order valence-electron chi connectivity index (χ3n) is 4.61. The lowest BCUT2D eigenvalue weighted by Crippen LogP contribution is -2.30. The Balaban J connectivity index is 1.79. The molecule has 148 valence electrons. The minimum atomic E-state index is -0.388. The summed E-state index contributed by atoms with van der Waals surface area (Å²) in [5.74, 6) is -0.688. The van der Waals surface area contributed by atoms with Gasteiger partial charge in [-0.1, -0.05) is 17.7 Å². The van der Waals surface area contributed by atoms with E-state index in [1.165, 1.54) is 11.0 Å². The average molecular weight is 478 g/mol. The predicted molar refractivity (Wildman–Crippen MR) is 111 cm³/mol. The number of carbonyl (C=O) groups is 2. The lowest BCUT2D eigenvalue weighted by molar-refractivity contribution is -0.109. The summed E-state index contributed by atoms with van der Waals surface area (Å²) in [6, 6.07) is 12.9. The molecule has 6 nitrogen and oxygen atoms in total. The smallest absolute Gasteiger partial charge is 0.275 e. The van der Waals surface area contributed by atoms with Crippen LogP contribution in [0.5, 0.6) is 0 Å². The van der Waals surface area contributed by atoms with Crippen LogP contribution in [0.25, 0.3) is 16.9 Å². The van der Waals surface area contributed by atoms with Gasteiger partial charge in [0.1, 0.15) is 12.1 Å². The highest BCUT2D eigenvalue weighted by Gasteiger charge is 2.28. The van der Waals surface area contributed by atoms with Crippen LogP contribution in [0.2, 0.25) is 5.02 Å². The zero-order chi connectivity index (χ0) is 20.5. The number of amides is 1. The Labute approximate surface area is 179 Å². The van der Waals surface area contributed by atoms with E-state index in [1.54, 1.807) is 41.1 Å². The molecule has 29 heavy (non-hydrogen) atoms. The van der Waals surface area contributed by atoms with E-state index in [1.807, 2.05) is 6.07 Å². The molecule has 1 aliphatic rings. The summed E-state index contributed by atoms with van der Waals surface area (Å²) < 4.78 is 15.6. The highest BCUT2D eigenvalue weighted by Crippen LogP contribution is 2.29. The summed E-state index contributed by atoms with van der Waals surface area (Å²) >= 11 is 9.33. The molecule has 1 aromatic heterocycles. The molecule has 0 bridgehead atoms. The molecule has 1 N–H and O–H groups in total. The number of hydrogen-bond acceptors (Lipinski definition) is 4. The number of nitrogens with one attached hydrogen (secondary N) is 1. The number of carbonyl (C=O) groups excluding carboxylic acids is 2. The van der Waals surface area contributed by atoms with Crippen LogP contribution in [0.15, 0.2) is 53.0 Å². The number of nitrogens with zero attached hydrogens (tertiary/aromatic N) is 3. The molecular weight excluding hydrogens is 463 g/mol. The van der Waals surface area contributed by atoms with Crippen LogP contribution in [-0.4, -0.2) is 46.1 Å². The van der Waals surface area contributed by atoms with Gasteiger partial charge >= 0.3 is 0 Å². The van der Waals surface area contributed by atoms with E-state index in [2.05, 4.69) is 26.3 Å². The zero-order valence-corrected chi connectivity index (χ0v) is 17.3. The summed E-state index contributed by atoms with van der Waals surface area (Å²) in [5.41, 5.74) is 2.16. The summed E-state index contributed by atoms with van der Waals surface area (Å²) in [5, 5.41) is 7.96. The first-order valence-electron chi connectivity index (χ1n) is 8.75. The number of aldehydes is 1. The number of halogens is 3. The monoisotopic (exact) mass is 476 g/mol. The number of rotatable bonds is 4. The van der Waals surface area contributed by atoms with E-state index in [0.717, 1.165) is 6.29 Å². The standard InChI is InChI=1S/C20H15BrClFN4O2/c21-16-6-12(4-5-17(16)23)19-8-18(20(29)26-9-14(10-28)24-11-26)25-27(19)15-3-1-2-13(22)7-15/h1-8,10,14,24H,9,11H2. The van der Waals surface area contributed by atoms with Gasteiger partial charge in [-0.05, 0) is 58.4 Å². The van der Waals surface area contributed by atoms with Crippen molar-refractivity contribution in [3.63, 3.8) is 0 Å². The largest absolute Gasteiger partial charge is 0.322 e. The number of benzene rings is 2. The molecule has 0 aliphatic carbocycles. The molecule has 1 aliphatic heterocycles. The van der Waals surface area contributed by atoms with Crippen molar-refractivity contribution in [2.45, 2.75) is 6.04 Å². The van der Waals surface area contributed by atoms with Gasteiger partial charge in [-0.25, -0.2) is 9.07 Å². The van der Waals surface area contributed by atoms with Crippen LogP contribution in [0, 0.1) is 5.82 Å². The summed E-state index contributed by atoms with van der Waals surface area (Å²) in [7, 11) is 0. The molecule has 9 heteroatoms. The Morgan fingerprint density at radius 3 is 2.79 bits per heavy atom. The topological polar surface area (TPSA) is 67.2 Å². The number of hydrogen-bond donors (Lipinski definition) is 1. The van der Waals surface area contributed by atoms with Gasteiger partial charge in [0.15, 0.2) is 5.69 Å². The minimum absolute atomic E-state index is 0.216. The molecule has 0 spiro atoms. The van der Waals surface area contributed by atoms with Crippen molar-refractivity contribution in [1.82, 2.24) is 20.0 Å². The third kappa shape index (κ3) is 3.96. The lowest BCUT2D eigenvalue weighted by Gasteiger charge is -2.12. The third-order valence-corrected chi connectivity index (χ3v) is 5.45. The second-order valence-corrected chi connectivity index (χ2v) is 7.86. The summed E-state index contributed by atoms with van der Waals surface area (Å²) in [6.07, 6.45) is 0.777. The van der Waals surface area contributed by atoms with Gasteiger partial charge in [0.05, 0.1) is 28.6 Å². The van der Waals surface area contributed by atoms with E-state index < -0.39 is 0 Å². The van der Waals surface area contributed by atoms with E-state index >= 15 is 0 Å². The molecular formula is C20H15BrClFN4O2. The lowest BCUT2D eigenvalue weighted by atomic mass is 10.1. The fourth-order valence-corrected chi connectivity index (χ4v) is 3.72. The first-order valence-corrected chi connectivity index (χ1v) is 9.93. The number of aromatic nitrogens is 2. The van der Waals surface area contributed by atoms with E-state index in [9.17, 15) is 14.0 Å². The molecule has 1 fully saturated rings. The predicted octanol–water partition coefficient (Wildman–Crippen LogP) is 3.66. The molecule has 3 aromatic rings. The minimum Gasteiger partial charge on any atom is -0.322 e. The normalized spacial score (nSPS) is 16.2. The Bertz CT molecular complexity index is 1100. The quantitative estimate of drug-likeness (QED) is 0.583.